The summed E-state index contributed by atoms with van der Waals surface area (Å²) in [4.78, 5) is 13.5. The van der Waals surface area contributed by atoms with E-state index in [1.165, 1.54) is 340 Å². The molecule has 0 aromatic rings. The summed E-state index contributed by atoms with van der Waals surface area (Å²) < 4.78 is 34.5. The molecule has 3 saturated heterocycles. The number of amides is 1. The van der Waals surface area contributed by atoms with E-state index in [4.69, 9.17) is 28.4 Å². The van der Waals surface area contributed by atoms with Crippen LogP contribution in [0.25, 0.3) is 0 Å². The molecular formula is C92H173NO18. The van der Waals surface area contributed by atoms with E-state index >= 15 is 0 Å². The van der Waals surface area contributed by atoms with E-state index in [-0.39, 0.29) is 18.9 Å². The van der Waals surface area contributed by atoms with Gasteiger partial charge in [0, 0.05) is 6.42 Å². The van der Waals surface area contributed by atoms with E-state index in [1.54, 1.807) is 6.08 Å². The third kappa shape index (κ3) is 50.5. The standard InChI is InChI=1S/C92H173NO18/c1-3-5-7-9-11-13-15-17-19-21-23-25-27-29-31-33-35-37-39-41-43-45-47-49-51-53-55-57-59-61-63-65-67-69-76(97)75(74-106-90-86(104)83(101)88(78(72-95)108-90)111-92-87(105)84(102)89(79(73-96)109-92)110-91-85(103)82(100)81(99)77(71-94)107-91)93-80(98)70-68-66-64-62-60-58-56-54-52-50-48-46-44-42-40-38-36-34-32-30-28-26-24-22-20-18-16-14-12-10-8-6-4-2/h22,24,59,61,67,69,75-79,81-92,94-97,99-105H,3-21,23,25-58,60,62-66,68,70-74H2,1-2H3,(H,93,98)/b24-22-,61-59+,69-67+. The summed E-state index contributed by atoms with van der Waals surface area (Å²) in [5, 5.41) is 121. The highest BCUT2D eigenvalue weighted by atomic mass is 16.8. The number of aliphatic hydroxyl groups is 11. The Morgan fingerprint density at radius 3 is 0.901 bits per heavy atom. The molecule has 0 aromatic carbocycles. The van der Waals surface area contributed by atoms with Crippen LogP contribution in [0, 0.1) is 0 Å². The molecule has 654 valence electrons. The molecule has 1 amide bonds. The van der Waals surface area contributed by atoms with E-state index in [2.05, 4.69) is 43.5 Å². The molecular weight excluding hydrogens is 1410 g/mol. The topological polar surface area (TPSA) is 307 Å². The summed E-state index contributed by atoms with van der Waals surface area (Å²) >= 11 is 0. The van der Waals surface area contributed by atoms with Gasteiger partial charge in [-0.1, -0.05) is 384 Å². The van der Waals surface area contributed by atoms with Crippen molar-refractivity contribution in [3.05, 3.63) is 36.5 Å². The second-order valence-electron chi connectivity index (χ2n) is 33.5. The van der Waals surface area contributed by atoms with Gasteiger partial charge in [-0.25, -0.2) is 0 Å². The number of hydrogen-bond donors (Lipinski definition) is 12. The highest BCUT2D eigenvalue weighted by molar-refractivity contribution is 5.76. The van der Waals surface area contributed by atoms with E-state index in [0.717, 1.165) is 38.5 Å². The van der Waals surface area contributed by atoms with Crippen LogP contribution in [0.1, 0.15) is 412 Å². The second-order valence-corrected chi connectivity index (χ2v) is 33.5. The Bertz CT molecular complexity index is 2140. The van der Waals surface area contributed by atoms with Gasteiger partial charge in [-0.3, -0.25) is 4.79 Å². The van der Waals surface area contributed by atoms with Crippen molar-refractivity contribution in [2.75, 3.05) is 26.4 Å². The van der Waals surface area contributed by atoms with Crippen LogP contribution in [-0.2, 0) is 33.2 Å². The molecule has 19 heteroatoms. The number of carbonyl (C=O) groups is 1. The zero-order valence-corrected chi connectivity index (χ0v) is 70.7. The monoisotopic (exact) mass is 1580 g/mol. The molecule has 0 aliphatic carbocycles. The van der Waals surface area contributed by atoms with Gasteiger partial charge >= 0.3 is 0 Å². The van der Waals surface area contributed by atoms with Crippen molar-refractivity contribution in [2.45, 2.75) is 516 Å². The third-order valence-electron chi connectivity index (χ3n) is 23.4. The van der Waals surface area contributed by atoms with E-state index in [9.17, 15) is 61.0 Å². The Morgan fingerprint density at radius 1 is 0.315 bits per heavy atom. The highest BCUT2D eigenvalue weighted by Gasteiger charge is 2.54. The summed E-state index contributed by atoms with van der Waals surface area (Å²) in [6, 6.07) is -0.991. The summed E-state index contributed by atoms with van der Waals surface area (Å²) in [7, 11) is 0. The van der Waals surface area contributed by atoms with Gasteiger partial charge in [-0.05, 0) is 57.8 Å². The van der Waals surface area contributed by atoms with Gasteiger partial charge in [0.2, 0.25) is 5.91 Å². The molecule has 3 aliphatic heterocycles. The number of ether oxygens (including phenoxy) is 6. The van der Waals surface area contributed by atoms with Crippen LogP contribution in [0.4, 0.5) is 0 Å². The zero-order chi connectivity index (χ0) is 80.3. The van der Waals surface area contributed by atoms with Gasteiger partial charge in [0.25, 0.3) is 0 Å². The summed E-state index contributed by atoms with van der Waals surface area (Å²) in [6.45, 7) is 1.79. The largest absolute Gasteiger partial charge is 0.394 e. The molecule has 12 N–H and O–H groups in total. The van der Waals surface area contributed by atoms with Gasteiger partial charge in [0.05, 0.1) is 38.6 Å². The number of hydrogen-bond acceptors (Lipinski definition) is 18. The predicted octanol–water partition coefficient (Wildman–Crippen LogP) is 18.2. The van der Waals surface area contributed by atoms with Crippen molar-refractivity contribution in [3.63, 3.8) is 0 Å². The smallest absolute Gasteiger partial charge is 0.220 e. The maximum Gasteiger partial charge on any atom is 0.220 e. The van der Waals surface area contributed by atoms with Crippen LogP contribution >= 0.6 is 0 Å². The van der Waals surface area contributed by atoms with Gasteiger partial charge in [-0.2, -0.15) is 0 Å². The molecule has 3 rings (SSSR count). The minimum absolute atomic E-state index is 0.240. The lowest BCUT2D eigenvalue weighted by Gasteiger charge is -2.48. The maximum absolute atomic E-state index is 13.5. The Kier molecular flexibility index (Phi) is 67.0. The maximum atomic E-state index is 13.5. The number of unbranched alkanes of at least 4 members (excludes halogenated alkanes) is 57. The number of nitrogens with one attached hydrogen (secondary N) is 1. The predicted molar refractivity (Wildman–Crippen MR) is 448 cm³/mol. The van der Waals surface area contributed by atoms with Crippen molar-refractivity contribution in [1.82, 2.24) is 5.32 Å². The van der Waals surface area contributed by atoms with Gasteiger partial charge < -0.3 is 89.9 Å². The second kappa shape index (κ2) is 72.1. The number of rotatable bonds is 77. The van der Waals surface area contributed by atoms with E-state index in [0.29, 0.717) is 12.8 Å². The first-order valence-corrected chi connectivity index (χ1v) is 46.7. The lowest BCUT2D eigenvalue weighted by molar-refractivity contribution is -0.379. The number of allylic oxidation sites excluding steroid dienone is 5. The Labute approximate surface area is 676 Å². The summed E-state index contributed by atoms with van der Waals surface area (Å²) in [6.07, 6.45) is 66.0. The molecule has 17 unspecified atom stereocenters. The summed E-state index contributed by atoms with van der Waals surface area (Å²) in [5.41, 5.74) is 0. The van der Waals surface area contributed by atoms with Crippen LogP contribution in [-0.4, -0.2) is 193 Å². The van der Waals surface area contributed by atoms with Crippen LogP contribution < -0.4 is 5.32 Å². The van der Waals surface area contributed by atoms with Gasteiger partial charge in [0.1, 0.15) is 73.2 Å². The SMILES string of the molecule is CCCCCCCCCC/C=C\CCCCCCCCCCCCCCCCCCCCCCCC(=O)NC(COC1OC(CO)C(OC2OC(CO)C(OC3OC(CO)C(O)C(O)C3O)C(O)C2O)C(O)C1O)C(O)/C=C/CC/C=C/CCCCCCCCCCCCCCCCCCCCCCCCCCCCC. The fourth-order valence-corrected chi connectivity index (χ4v) is 16.0. The molecule has 0 bridgehead atoms. The van der Waals surface area contributed by atoms with Gasteiger partial charge in [0.15, 0.2) is 18.9 Å². The molecule has 0 aromatic heterocycles. The molecule has 0 saturated carbocycles. The lowest BCUT2D eigenvalue weighted by atomic mass is 9.96. The quantitative estimate of drug-likeness (QED) is 0.0199. The molecule has 3 fully saturated rings. The average molecular weight is 1580 g/mol. The fourth-order valence-electron chi connectivity index (χ4n) is 16.0. The zero-order valence-electron chi connectivity index (χ0n) is 70.7. The lowest BCUT2D eigenvalue weighted by Crippen LogP contribution is -2.66. The fraction of sp³-hybridized carbons (Fsp3) is 0.924. The first-order chi connectivity index (χ1) is 54.3. The first-order valence-electron chi connectivity index (χ1n) is 46.7. The molecule has 0 spiro atoms. The molecule has 111 heavy (non-hydrogen) atoms. The minimum atomic E-state index is -1.98. The molecule has 0 radical (unpaired) electrons. The van der Waals surface area contributed by atoms with E-state index in [1.807, 2.05) is 6.08 Å². The van der Waals surface area contributed by atoms with Crippen LogP contribution in [0.2, 0.25) is 0 Å². The van der Waals surface area contributed by atoms with Crippen molar-refractivity contribution < 1.29 is 89.4 Å². The van der Waals surface area contributed by atoms with Crippen molar-refractivity contribution >= 4 is 5.91 Å². The Hall–Kier alpha value is -1.99. The number of aliphatic hydroxyl groups excluding tert-OH is 11. The molecule has 17 atom stereocenters. The van der Waals surface area contributed by atoms with E-state index < -0.39 is 124 Å². The summed E-state index contributed by atoms with van der Waals surface area (Å²) in [5.74, 6) is -0.277. The average Bonchev–Trinajstić information content (AvgIpc) is 0.780. The minimum Gasteiger partial charge on any atom is -0.394 e. The Morgan fingerprint density at radius 2 is 0.577 bits per heavy atom. The van der Waals surface area contributed by atoms with Crippen molar-refractivity contribution in [1.29, 1.82) is 0 Å². The van der Waals surface area contributed by atoms with Crippen LogP contribution in [0.15, 0.2) is 36.5 Å². The first kappa shape index (κ1) is 103. The van der Waals surface area contributed by atoms with Crippen LogP contribution in [0.3, 0.4) is 0 Å². The number of carbonyl (C=O) groups excluding carboxylic acids is 1. The van der Waals surface area contributed by atoms with Crippen LogP contribution in [0.5, 0.6) is 0 Å². The third-order valence-corrected chi connectivity index (χ3v) is 23.4. The van der Waals surface area contributed by atoms with Crippen molar-refractivity contribution in [2.24, 2.45) is 0 Å². The highest BCUT2D eigenvalue weighted by Crippen LogP contribution is 2.34. The van der Waals surface area contributed by atoms with Crippen molar-refractivity contribution in [3.8, 4) is 0 Å². The molecule has 3 heterocycles. The Balaban J connectivity index is 1.32. The molecule has 3 aliphatic rings. The normalized spacial score (nSPS) is 25.1. The molecule has 19 nitrogen and oxygen atoms in total. The van der Waals surface area contributed by atoms with Gasteiger partial charge in [-0.15, -0.1) is 0 Å².